The highest BCUT2D eigenvalue weighted by Crippen LogP contribution is 2.34. The van der Waals surface area contributed by atoms with E-state index in [1.807, 2.05) is 0 Å². The van der Waals surface area contributed by atoms with Crippen LogP contribution in [0.4, 0.5) is 14.5 Å². The van der Waals surface area contributed by atoms with E-state index in [0.29, 0.717) is 15.4 Å². The molecule has 1 aliphatic rings. The van der Waals surface area contributed by atoms with E-state index < -0.39 is 17.5 Å². The van der Waals surface area contributed by atoms with E-state index in [2.05, 4.69) is 15.3 Å². The van der Waals surface area contributed by atoms with Crippen LogP contribution in [0.25, 0.3) is 10.2 Å². The topological polar surface area (TPSA) is 74.8 Å². The smallest absolute Gasteiger partial charge is 0.260 e. The SMILES string of the molecule is O=C(CSc1nc2sc3c(c2c(=O)[nH]1)CCCC3)Nc1cc(F)ccc1F. The Morgan fingerprint density at radius 3 is 2.96 bits per heavy atom. The van der Waals surface area contributed by atoms with Crippen molar-refractivity contribution in [2.24, 2.45) is 0 Å². The molecule has 1 aliphatic carbocycles. The number of anilines is 1. The number of H-pyrrole nitrogens is 1. The fourth-order valence-electron chi connectivity index (χ4n) is 3.13. The lowest BCUT2D eigenvalue weighted by Gasteiger charge is -2.09. The van der Waals surface area contributed by atoms with E-state index in [1.54, 1.807) is 0 Å². The Bertz CT molecular complexity index is 1090. The zero-order chi connectivity index (χ0) is 19.0. The molecule has 1 amide bonds. The van der Waals surface area contributed by atoms with E-state index in [4.69, 9.17) is 0 Å². The van der Waals surface area contributed by atoms with E-state index in [0.717, 1.165) is 61.2 Å². The molecule has 0 bridgehead atoms. The van der Waals surface area contributed by atoms with Crippen molar-refractivity contribution in [1.82, 2.24) is 9.97 Å². The third-order valence-corrected chi connectivity index (χ3v) is 6.40. The maximum absolute atomic E-state index is 13.6. The van der Waals surface area contributed by atoms with Gasteiger partial charge in [0.05, 0.1) is 16.8 Å². The van der Waals surface area contributed by atoms with Crippen LogP contribution in [0, 0.1) is 11.6 Å². The molecule has 27 heavy (non-hydrogen) atoms. The number of fused-ring (bicyclic) bond motifs is 3. The molecular weight excluding hydrogens is 392 g/mol. The molecule has 0 spiro atoms. The predicted molar refractivity (Wildman–Crippen MR) is 103 cm³/mol. The monoisotopic (exact) mass is 407 g/mol. The summed E-state index contributed by atoms with van der Waals surface area (Å²) in [5.41, 5.74) is 0.688. The molecule has 0 unspecified atom stereocenters. The van der Waals surface area contributed by atoms with Gasteiger partial charge in [0.25, 0.3) is 5.56 Å². The second kappa shape index (κ2) is 7.40. The van der Waals surface area contributed by atoms with Gasteiger partial charge in [0.15, 0.2) is 5.16 Å². The molecule has 0 atom stereocenters. The van der Waals surface area contributed by atoms with Gasteiger partial charge in [0, 0.05) is 10.9 Å². The van der Waals surface area contributed by atoms with Crippen molar-refractivity contribution in [2.45, 2.75) is 30.8 Å². The minimum Gasteiger partial charge on any atom is -0.323 e. The van der Waals surface area contributed by atoms with Crippen LogP contribution in [-0.4, -0.2) is 21.6 Å². The number of thiophene rings is 1. The summed E-state index contributed by atoms with van der Waals surface area (Å²) in [4.78, 5) is 33.6. The van der Waals surface area contributed by atoms with Gasteiger partial charge in [-0.25, -0.2) is 13.8 Å². The molecule has 2 aromatic heterocycles. The third kappa shape index (κ3) is 3.74. The highest BCUT2D eigenvalue weighted by Gasteiger charge is 2.20. The van der Waals surface area contributed by atoms with Gasteiger partial charge in [-0.05, 0) is 43.4 Å². The standard InChI is InChI=1S/C18H15F2N3O2S2/c19-9-5-6-11(20)12(7-9)21-14(24)8-26-18-22-16(25)15-10-3-1-2-4-13(10)27-17(15)23-18/h5-7H,1-4,8H2,(H,21,24)(H,22,23,25). The first-order valence-corrected chi connectivity index (χ1v) is 10.2. The van der Waals surface area contributed by atoms with Crippen molar-refractivity contribution in [3.8, 4) is 0 Å². The number of rotatable bonds is 4. The number of benzene rings is 1. The van der Waals surface area contributed by atoms with Crippen LogP contribution < -0.4 is 10.9 Å². The number of halogens is 2. The molecule has 1 aromatic carbocycles. The number of aryl methyl sites for hydroxylation is 2. The van der Waals surface area contributed by atoms with Gasteiger partial charge in [-0.3, -0.25) is 9.59 Å². The lowest BCUT2D eigenvalue weighted by molar-refractivity contribution is -0.113. The maximum Gasteiger partial charge on any atom is 0.260 e. The van der Waals surface area contributed by atoms with Crippen LogP contribution >= 0.6 is 23.1 Å². The Morgan fingerprint density at radius 2 is 2.11 bits per heavy atom. The highest BCUT2D eigenvalue weighted by atomic mass is 32.2. The largest absolute Gasteiger partial charge is 0.323 e. The van der Waals surface area contributed by atoms with Crippen molar-refractivity contribution in [1.29, 1.82) is 0 Å². The number of hydrogen-bond acceptors (Lipinski definition) is 5. The summed E-state index contributed by atoms with van der Waals surface area (Å²) in [7, 11) is 0. The fourth-order valence-corrected chi connectivity index (χ4v) is 5.11. The molecule has 5 nitrogen and oxygen atoms in total. The average Bonchev–Trinajstić information content (AvgIpc) is 3.02. The lowest BCUT2D eigenvalue weighted by Crippen LogP contribution is -2.16. The zero-order valence-corrected chi connectivity index (χ0v) is 15.7. The Hall–Kier alpha value is -2.26. The van der Waals surface area contributed by atoms with Crippen molar-refractivity contribution in [3.63, 3.8) is 0 Å². The number of aromatic amines is 1. The number of amides is 1. The van der Waals surface area contributed by atoms with Crippen LogP contribution in [0.2, 0.25) is 0 Å². The molecule has 9 heteroatoms. The first kappa shape index (κ1) is 18.1. The number of carbonyl (C=O) groups is 1. The molecule has 0 fully saturated rings. The molecule has 4 rings (SSSR count). The zero-order valence-electron chi connectivity index (χ0n) is 14.1. The minimum atomic E-state index is -0.716. The van der Waals surface area contributed by atoms with Gasteiger partial charge in [0.1, 0.15) is 16.5 Å². The first-order chi connectivity index (χ1) is 13.0. The van der Waals surface area contributed by atoms with Crippen LogP contribution in [0.15, 0.2) is 28.2 Å². The van der Waals surface area contributed by atoms with Crippen LogP contribution in [0.5, 0.6) is 0 Å². The Kier molecular flexibility index (Phi) is 4.96. The Morgan fingerprint density at radius 1 is 1.30 bits per heavy atom. The summed E-state index contributed by atoms with van der Waals surface area (Å²) in [6, 6.07) is 2.84. The quantitative estimate of drug-likeness (QED) is 0.509. The van der Waals surface area contributed by atoms with Crippen molar-refractivity contribution in [2.75, 3.05) is 11.1 Å². The van der Waals surface area contributed by atoms with Crippen molar-refractivity contribution < 1.29 is 13.6 Å². The molecule has 0 saturated carbocycles. The van der Waals surface area contributed by atoms with E-state index in [9.17, 15) is 18.4 Å². The Labute approximate surface area is 161 Å². The number of hydrogen-bond donors (Lipinski definition) is 2. The van der Waals surface area contributed by atoms with Gasteiger partial charge in [0.2, 0.25) is 5.91 Å². The van der Waals surface area contributed by atoms with Gasteiger partial charge >= 0.3 is 0 Å². The average molecular weight is 407 g/mol. The van der Waals surface area contributed by atoms with Gasteiger partial charge in [-0.1, -0.05) is 11.8 Å². The number of carbonyl (C=O) groups excluding carboxylic acids is 1. The number of aromatic nitrogens is 2. The second-order valence-electron chi connectivity index (χ2n) is 6.22. The fraction of sp³-hybridized carbons (Fsp3) is 0.278. The summed E-state index contributed by atoms with van der Waals surface area (Å²) < 4.78 is 26.8. The predicted octanol–water partition coefficient (Wildman–Crippen LogP) is 3.87. The number of nitrogens with one attached hydrogen (secondary N) is 2. The van der Waals surface area contributed by atoms with Gasteiger partial charge in [-0.2, -0.15) is 0 Å². The summed E-state index contributed by atoms with van der Waals surface area (Å²) >= 11 is 2.58. The highest BCUT2D eigenvalue weighted by molar-refractivity contribution is 7.99. The summed E-state index contributed by atoms with van der Waals surface area (Å²) in [5, 5.41) is 3.31. The van der Waals surface area contributed by atoms with E-state index in [-0.39, 0.29) is 17.0 Å². The van der Waals surface area contributed by atoms with Crippen LogP contribution in [0.3, 0.4) is 0 Å². The Balaban J connectivity index is 1.49. The van der Waals surface area contributed by atoms with E-state index in [1.165, 1.54) is 16.2 Å². The van der Waals surface area contributed by atoms with Gasteiger partial charge in [-0.15, -0.1) is 11.3 Å². The van der Waals surface area contributed by atoms with Crippen LogP contribution in [-0.2, 0) is 17.6 Å². The second-order valence-corrected chi connectivity index (χ2v) is 8.27. The summed E-state index contributed by atoms with van der Waals surface area (Å²) in [6.45, 7) is 0. The van der Waals surface area contributed by atoms with Crippen molar-refractivity contribution >= 4 is 44.9 Å². The molecule has 2 heterocycles. The number of thioether (sulfide) groups is 1. The molecular formula is C18H15F2N3O2S2. The molecule has 3 aromatic rings. The molecule has 0 radical (unpaired) electrons. The van der Waals surface area contributed by atoms with Crippen molar-refractivity contribution in [3.05, 3.63) is 50.6 Å². The summed E-state index contributed by atoms with van der Waals surface area (Å²) in [5.74, 6) is -1.96. The van der Waals surface area contributed by atoms with Gasteiger partial charge < -0.3 is 10.3 Å². The number of nitrogens with zero attached hydrogens (tertiary/aromatic N) is 1. The molecule has 0 saturated heterocycles. The molecule has 2 N–H and O–H groups in total. The maximum atomic E-state index is 13.6. The first-order valence-electron chi connectivity index (χ1n) is 8.43. The normalized spacial score (nSPS) is 13.6. The molecule has 0 aliphatic heterocycles. The molecule has 140 valence electrons. The minimum absolute atomic E-state index is 0.0878. The third-order valence-electron chi connectivity index (χ3n) is 4.35. The summed E-state index contributed by atoms with van der Waals surface area (Å²) in [6.07, 6.45) is 4.07. The lowest BCUT2D eigenvalue weighted by atomic mass is 9.97. The van der Waals surface area contributed by atoms with Crippen LogP contribution in [0.1, 0.15) is 23.3 Å². The van der Waals surface area contributed by atoms with E-state index >= 15 is 0 Å².